The molecule has 4 heteroatoms. The van der Waals surface area contributed by atoms with E-state index in [9.17, 15) is 9.18 Å². The van der Waals surface area contributed by atoms with Gasteiger partial charge in [-0.05, 0) is 18.2 Å². The average Bonchev–Trinajstić information content (AvgIpc) is 2.49. The number of carbonyl (C=O) groups excluding carboxylic acids is 1. The topological polar surface area (TPSA) is 42.6 Å². The Hall–Kier alpha value is -1.93. The Morgan fingerprint density at radius 1 is 1.46 bits per heavy atom. The van der Waals surface area contributed by atoms with Crippen LogP contribution >= 0.6 is 0 Å². The lowest BCUT2D eigenvalue weighted by molar-refractivity contribution is 0.565. The molecule has 3 nitrogen and oxygen atoms in total. The third-order valence-electron chi connectivity index (χ3n) is 1.68. The highest BCUT2D eigenvalue weighted by molar-refractivity contribution is 5.89. The molecule has 2 rings (SSSR count). The van der Waals surface area contributed by atoms with Gasteiger partial charge >= 0.3 is 0 Å². The number of furan rings is 1. The lowest BCUT2D eigenvalue weighted by atomic mass is 10.2. The molecule has 0 fully saturated rings. The van der Waals surface area contributed by atoms with Gasteiger partial charge in [-0.3, -0.25) is 0 Å². The second-order valence-corrected chi connectivity index (χ2v) is 2.46. The summed E-state index contributed by atoms with van der Waals surface area (Å²) in [7, 11) is 0. The van der Waals surface area contributed by atoms with Gasteiger partial charge in [0.15, 0.2) is 0 Å². The van der Waals surface area contributed by atoms with Gasteiger partial charge in [-0.15, -0.1) is 0 Å². The van der Waals surface area contributed by atoms with E-state index >= 15 is 0 Å². The van der Waals surface area contributed by atoms with Gasteiger partial charge in [0.1, 0.15) is 23.4 Å². The Labute approximate surface area is 72.5 Å². The Morgan fingerprint density at radius 3 is 3.08 bits per heavy atom. The predicted octanol–water partition coefficient (Wildman–Crippen LogP) is 2.54. The number of fused-ring (bicyclic) bond motifs is 1. The quantitative estimate of drug-likeness (QED) is 0.496. The maximum Gasteiger partial charge on any atom is 0.240 e. The molecule has 0 aliphatic heterocycles. The third kappa shape index (κ3) is 1.23. The molecule has 13 heavy (non-hydrogen) atoms. The van der Waals surface area contributed by atoms with E-state index in [4.69, 9.17) is 4.42 Å². The zero-order valence-corrected chi connectivity index (χ0v) is 6.45. The first-order valence-corrected chi connectivity index (χ1v) is 3.56. The number of hydrogen-bond donors (Lipinski definition) is 0. The number of rotatable bonds is 1. The van der Waals surface area contributed by atoms with Crippen LogP contribution in [0, 0.1) is 5.82 Å². The first kappa shape index (κ1) is 7.71. The van der Waals surface area contributed by atoms with Gasteiger partial charge < -0.3 is 4.42 Å². The van der Waals surface area contributed by atoms with Crippen molar-refractivity contribution in [3.8, 4) is 0 Å². The molecule has 2 aromatic rings. The fourth-order valence-electron chi connectivity index (χ4n) is 1.12. The monoisotopic (exact) mass is 177 g/mol. The lowest BCUT2D eigenvalue weighted by Crippen LogP contribution is -1.70. The maximum absolute atomic E-state index is 12.8. The Morgan fingerprint density at radius 2 is 2.31 bits per heavy atom. The molecule has 0 saturated carbocycles. The van der Waals surface area contributed by atoms with Crippen molar-refractivity contribution in [1.29, 1.82) is 0 Å². The van der Waals surface area contributed by atoms with E-state index in [0.717, 1.165) is 0 Å². The molecule has 0 unspecified atom stereocenters. The third-order valence-corrected chi connectivity index (χ3v) is 1.68. The van der Waals surface area contributed by atoms with Crippen molar-refractivity contribution in [3.63, 3.8) is 0 Å². The highest BCUT2D eigenvalue weighted by Crippen LogP contribution is 2.28. The first-order chi connectivity index (χ1) is 6.31. The van der Waals surface area contributed by atoms with E-state index in [2.05, 4.69) is 4.99 Å². The number of isocyanates is 1. The first-order valence-electron chi connectivity index (χ1n) is 3.56. The van der Waals surface area contributed by atoms with Gasteiger partial charge in [-0.2, -0.15) is 4.99 Å². The van der Waals surface area contributed by atoms with Crippen LogP contribution in [0.3, 0.4) is 0 Å². The van der Waals surface area contributed by atoms with E-state index < -0.39 is 5.82 Å². The minimum Gasteiger partial charge on any atom is -0.462 e. The van der Waals surface area contributed by atoms with Crippen molar-refractivity contribution in [2.75, 3.05) is 0 Å². The second-order valence-electron chi connectivity index (χ2n) is 2.46. The standard InChI is InChI=1S/C9H4FNO2/c10-6-1-2-9-7(3-6)8(4-13-9)11-5-12/h1-4H. The molecular formula is C9H4FNO2. The molecule has 0 bridgehead atoms. The summed E-state index contributed by atoms with van der Waals surface area (Å²) in [6.45, 7) is 0. The second kappa shape index (κ2) is 2.84. The van der Waals surface area contributed by atoms with Gasteiger partial charge in [0, 0.05) is 5.39 Å². The van der Waals surface area contributed by atoms with Crippen LogP contribution in [-0.2, 0) is 4.79 Å². The predicted molar refractivity (Wildman–Crippen MR) is 44.0 cm³/mol. The van der Waals surface area contributed by atoms with Crippen LogP contribution in [0.2, 0.25) is 0 Å². The Balaban J connectivity index is 2.78. The molecule has 1 aromatic heterocycles. The molecule has 0 aliphatic carbocycles. The van der Waals surface area contributed by atoms with Crippen LogP contribution < -0.4 is 0 Å². The zero-order chi connectivity index (χ0) is 9.26. The van der Waals surface area contributed by atoms with Crippen molar-refractivity contribution in [1.82, 2.24) is 0 Å². The SMILES string of the molecule is O=C=Nc1coc2ccc(F)cc12. The smallest absolute Gasteiger partial charge is 0.240 e. The zero-order valence-electron chi connectivity index (χ0n) is 6.45. The van der Waals surface area contributed by atoms with E-state index in [-0.39, 0.29) is 0 Å². The number of halogens is 1. The summed E-state index contributed by atoms with van der Waals surface area (Å²) in [5, 5.41) is 0.475. The lowest BCUT2D eigenvalue weighted by Gasteiger charge is -1.88. The Kier molecular flexibility index (Phi) is 1.69. The van der Waals surface area contributed by atoms with Crippen LogP contribution in [0.15, 0.2) is 33.9 Å². The minimum atomic E-state index is -0.392. The summed E-state index contributed by atoms with van der Waals surface area (Å²) < 4.78 is 17.8. The van der Waals surface area contributed by atoms with Crippen molar-refractivity contribution >= 4 is 22.7 Å². The van der Waals surface area contributed by atoms with E-state index in [1.807, 2.05) is 0 Å². The van der Waals surface area contributed by atoms with E-state index in [0.29, 0.717) is 16.7 Å². The molecule has 0 spiro atoms. The van der Waals surface area contributed by atoms with Crippen LogP contribution in [0.1, 0.15) is 0 Å². The fourth-order valence-corrected chi connectivity index (χ4v) is 1.12. The largest absolute Gasteiger partial charge is 0.462 e. The van der Waals surface area contributed by atoms with Gasteiger partial charge in [0.05, 0.1) is 0 Å². The van der Waals surface area contributed by atoms with Gasteiger partial charge in [-0.1, -0.05) is 0 Å². The molecule has 1 heterocycles. The molecule has 64 valence electrons. The number of benzene rings is 1. The maximum atomic E-state index is 12.8. The van der Waals surface area contributed by atoms with Gasteiger partial charge in [0.25, 0.3) is 0 Å². The summed E-state index contributed by atoms with van der Waals surface area (Å²) in [5.41, 5.74) is 0.792. The van der Waals surface area contributed by atoms with E-state index in [1.165, 1.54) is 30.5 Å². The number of hydrogen-bond acceptors (Lipinski definition) is 3. The summed E-state index contributed by atoms with van der Waals surface area (Å²) in [4.78, 5) is 13.3. The van der Waals surface area contributed by atoms with Crippen molar-refractivity contribution < 1.29 is 13.6 Å². The summed E-state index contributed by atoms with van der Waals surface area (Å²) in [6, 6.07) is 4.02. The molecule has 0 radical (unpaired) electrons. The van der Waals surface area contributed by atoms with Crippen molar-refractivity contribution in [2.24, 2.45) is 4.99 Å². The van der Waals surface area contributed by atoms with Crippen LogP contribution in [-0.4, -0.2) is 6.08 Å². The average molecular weight is 177 g/mol. The summed E-state index contributed by atoms with van der Waals surface area (Å²) in [5.74, 6) is -0.392. The molecule has 0 saturated heterocycles. The van der Waals surface area contributed by atoms with Crippen LogP contribution in [0.25, 0.3) is 11.0 Å². The molecule has 0 N–H and O–H groups in total. The summed E-state index contributed by atoms with van der Waals surface area (Å²) >= 11 is 0. The number of aliphatic imine (C=N–C) groups is 1. The van der Waals surface area contributed by atoms with Gasteiger partial charge in [0.2, 0.25) is 6.08 Å². The highest BCUT2D eigenvalue weighted by Gasteiger charge is 2.05. The number of nitrogens with zero attached hydrogens (tertiary/aromatic N) is 1. The Bertz CT molecular complexity index is 497. The van der Waals surface area contributed by atoms with Crippen molar-refractivity contribution in [2.45, 2.75) is 0 Å². The minimum absolute atomic E-state index is 0.296. The van der Waals surface area contributed by atoms with Gasteiger partial charge in [-0.25, -0.2) is 9.18 Å². The molecule has 0 atom stereocenters. The molecule has 0 aliphatic rings. The molecule has 0 amide bonds. The van der Waals surface area contributed by atoms with Crippen molar-refractivity contribution in [3.05, 3.63) is 30.3 Å². The molecule has 1 aromatic carbocycles. The highest BCUT2D eigenvalue weighted by atomic mass is 19.1. The van der Waals surface area contributed by atoms with E-state index in [1.54, 1.807) is 0 Å². The molecular weight excluding hydrogens is 173 g/mol. The normalized spacial score (nSPS) is 9.92. The van der Waals surface area contributed by atoms with Crippen LogP contribution in [0.4, 0.5) is 10.1 Å². The fraction of sp³-hybridized carbons (Fsp3) is 0. The van der Waals surface area contributed by atoms with Crippen LogP contribution in [0.5, 0.6) is 0 Å². The summed E-state index contributed by atoms with van der Waals surface area (Å²) in [6.07, 6.45) is 2.66.